The molecule has 140 valence electrons. The fourth-order valence-corrected chi connectivity index (χ4v) is 3.98. The van der Waals surface area contributed by atoms with Gasteiger partial charge in [0.05, 0.1) is 6.54 Å². The summed E-state index contributed by atoms with van der Waals surface area (Å²) < 4.78 is 5.70. The molecule has 5 heteroatoms. The van der Waals surface area contributed by atoms with Gasteiger partial charge in [-0.25, -0.2) is 0 Å². The van der Waals surface area contributed by atoms with Crippen LogP contribution in [0.2, 0.25) is 0 Å². The molecule has 0 saturated carbocycles. The van der Waals surface area contributed by atoms with Gasteiger partial charge < -0.3 is 15.4 Å². The molecule has 2 fully saturated rings. The van der Waals surface area contributed by atoms with E-state index in [9.17, 15) is 4.79 Å². The van der Waals surface area contributed by atoms with E-state index >= 15 is 0 Å². The van der Waals surface area contributed by atoms with Crippen molar-refractivity contribution in [3.63, 3.8) is 0 Å². The van der Waals surface area contributed by atoms with E-state index in [0.29, 0.717) is 43.5 Å². The van der Waals surface area contributed by atoms with Crippen molar-refractivity contribution in [1.82, 2.24) is 10.6 Å². The number of carbonyl (C=O) groups is 1. The Kier molecular flexibility index (Phi) is 7.57. The first-order chi connectivity index (χ1) is 11.6. The van der Waals surface area contributed by atoms with Gasteiger partial charge >= 0.3 is 0 Å². The van der Waals surface area contributed by atoms with Crippen molar-refractivity contribution >= 4 is 18.3 Å². The third kappa shape index (κ3) is 5.89. The molecule has 3 rings (SSSR count). The first-order valence-corrected chi connectivity index (χ1v) is 9.35. The quantitative estimate of drug-likeness (QED) is 0.724. The number of carbonyl (C=O) groups excluding carboxylic acids is 1. The molecule has 2 atom stereocenters. The molecule has 0 aliphatic carbocycles. The van der Waals surface area contributed by atoms with Gasteiger partial charge in [0.25, 0.3) is 0 Å². The largest absolute Gasteiger partial charge is 0.492 e. The van der Waals surface area contributed by atoms with Crippen LogP contribution in [0.3, 0.4) is 0 Å². The Hall–Kier alpha value is -1.26. The van der Waals surface area contributed by atoms with E-state index in [1.54, 1.807) is 0 Å². The van der Waals surface area contributed by atoms with E-state index in [4.69, 9.17) is 4.74 Å². The maximum atomic E-state index is 12.1. The zero-order chi connectivity index (χ0) is 16.9. The van der Waals surface area contributed by atoms with Gasteiger partial charge in [-0.2, -0.15) is 0 Å². The SMILES string of the molecule is CC(C)c1ccc(OCCNC(=O)CC2CC3CCC(C2)N3)cc1.Cl. The van der Waals surface area contributed by atoms with E-state index < -0.39 is 0 Å². The second-order valence-corrected chi connectivity index (χ2v) is 7.60. The lowest BCUT2D eigenvalue weighted by Crippen LogP contribution is -2.40. The average molecular weight is 367 g/mol. The first kappa shape index (κ1) is 20.1. The lowest BCUT2D eigenvalue weighted by atomic mass is 9.89. The second kappa shape index (κ2) is 9.44. The van der Waals surface area contributed by atoms with Gasteiger partial charge in [0, 0.05) is 18.5 Å². The predicted molar refractivity (Wildman–Crippen MR) is 104 cm³/mol. The molecule has 2 saturated heterocycles. The fraction of sp³-hybridized carbons (Fsp3) is 0.650. The normalized spacial score (nSPS) is 24.7. The number of piperidine rings is 1. The molecule has 0 spiro atoms. The molecule has 2 N–H and O–H groups in total. The number of nitrogens with one attached hydrogen (secondary N) is 2. The minimum atomic E-state index is 0. The van der Waals surface area contributed by atoms with Crippen LogP contribution < -0.4 is 15.4 Å². The molecule has 0 aromatic heterocycles. The molecular weight excluding hydrogens is 336 g/mol. The van der Waals surface area contributed by atoms with Gasteiger partial charge in [-0.1, -0.05) is 26.0 Å². The molecule has 25 heavy (non-hydrogen) atoms. The number of amides is 1. The average Bonchev–Trinajstić information content (AvgIpc) is 2.90. The van der Waals surface area contributed by atoms with Gasteiger partial charge in [0.15, 0.2) is 0 Å². The predicted octanol–water partition coefficient (Wildman–Crippen LogP) is 3.65. The Morgan fingerprint density at radius 1 is 1.20 bits per heavy atom. The van der Waals surface area contributed by atoms with Gasteiger partial charge in [0.1, 0.15) is 12.4 Å². The van der Waals surface area contributed by atoms with E-state index in [1.165, 1.54) is 18.4 Å². The van der Waals surface area contributed by atoms with Crippen molar-refractivity contribution < 1.29 is 9.53 Å². The topological polar surface area (TPSA) is 50.4 Å². The van der Waals surface area contributed by atoms with Crippen LogP contribution in [-0.4, -0.2) is 31.1 Å². The Labute approximate surface area is 157 Å². The molecule has 2 heterocycles. The summed E-state index contributed by atoms with van der Waals surface area (Å²) in [5, 5.41) is 6.62. The monoisotopic (exact) mass is 366 g/mol. The van der Waals surface area contributed by atoms with Crippen molar-refractivity contribution in [2.24, 2.45) is 5.92 Å². The molecule has 2 aliphatic rings. The van der Waals surface area contributed by atoms with Crippen molar-refractivity contribution in [3.05, 3.63) is 29.8 Å². The zero-order valence-corrected chi connectivity index (χ0v) is 16.1. The van der Waals surface area contributed by atoms with E-state index in [0.717, 1.165) is 18.6 Å². The molecule has 2 bridgehead atoms. The highest BCUT2D eigenvalue weighted by molar-refractivity contribution is 5.85. The summed E-state index contributed by atoms with van der Waals surface area (Å²) in [5.74, 6) is 2.11. The number of rotatable bonds is 7. The van der Waals surface area contributed by atoms with Crippen LogP contribution in [0.1, 0.15) is 57.4 Å². The van der Waals surface area contributed by atoms with Crippen LogP contribution in [-0.2, 0) is 4.79 Å². The lowest BCUT2D eigenvalue weighted by Gasteiger charge is -2.28. The standard InChI is InChI=1S/C20H30N2O2.ClH/c1-14(2)16-3-7-19(8-4-16)24-10-9-21-20(23)13-15-11-17-5-6-18(12-15)22-17;/h3-4,7-8,14-15,17-18,22H,5-6,9-13H2,1-2H3,(H,21,23);1H. The summed E-state index contributed by atoms with van der Waals surface area (Å²) in [7, 11) is 0. The summed E-state index contributed by atoms with van der Waals surface area (Å²) in [6, 6.07) is 9.51. The molecule has 1 amide bonds. The summed E-state index contributed by atoms with van der Waals surface area (Å²) >= 11 is 0. The maximum absolute atomic E-state index is 12.1. The van der Waals surface area contributed by atoms with Crippen LogP contribution >= 0.6 is 12.4 Å². The van der Waals surface area contributed by atoms with Crippen LogP contribution in [0.25, 0.3) is 0 Å². The Bertz CT molecular complexity index is 535. The molecule has 1 aromatic carbocycles. The smallest absolute Gasteiger partial charge is 0.220 e. The van der Waals surface area contributed by atoms with Crippen LogP contribution in [0.4, 0.5) is 0 Å². The van der Waals surface area contributed by atoms with Gasteiger partial charge in [-0.3, -0.25) is 4.79 Å². The molecular formula is C20H31ClN2O2. The highest BCUT2D eigenvalue weighted by atomic mass is 35.5. The van der Waals surface area contributed by atoms with E-state index in [2.05, 4.69) is 36.6 Å². The van der Waals surface area contributed by atoms with Crippen LogP contribution in [0, 0.1) is 5.92 Å². The van der Waals surface area contributed by atoms with Gasteiger partial charge in [-0.15, -0.1) is 12.4 Å². The summed E-state index contributed by atoms with van der Waals surface area (Å²) in [4.78, 5) is 12.1. The molecule has 1 aromatic rings. The van der Waals surface area contributed by atoms with Crippen molar-refractivity contribution in [3.8, 4) is 5.75 Å². The summed E-state index contributed by atoms with van der Waals surface area (Å²) in [6.45, 7) is 5.45. The number of hydrogen-bond donors (Lipinski definition) is 2. The van der Waals surface area contributed by atoms with Gasteiger partial charge in [-0.05, 0) is 55.2 Å². The first-order valence-electron chi connectivity index (χ1n) is 9.35. The highest BCUT2D eigenvalue weighted by Crippen LogP contribution is 2.32. The minimum Gasteiger partial charge on any atom is -0.492 e. The van der Waals surface area contributed by atoms with E-state index in [1.807, 2.05) is 12.1 Å². The Morgan fingerprint density at radius 3 is 2.44 bits per heavy atom. The number of fused-ring (bicyclic) bond motifs is 2. The van der Waals surface area contributed by atoms with Gasteiger partial charge in [0.2, 0.25) is 5.91 Å². The van der Waals surface area contributed by atoms with Crippen LogP contribution in [0.5, 0.6) is 5.75 Å². The van der Waals surface area contributed by atoms with Crippen molar-refractivity contribution in [2.45, 2.75) is 64.0 Å². The summed E-state index contributed by atoms with van der Waals surface area (Å²) in [6.07, 6.45) is 5.54. The van der Waals surface area contributed by atoms with Crippen LogP contribution in [0.15, 0.2) is 24.3 Å². The minimum absolute atomic E-state index is 0. The Balaban J connectivity index is 0.00000225. The number of ether oxygens (including phenoxy) is 1. The Morgan fingerprint density at radius 2 is 1.84 bits per heavy atom. The third-order valence-electron chi connectivity index (χ3n) is 5.28. The molecule has 0 radical (unpaired) electrons. The third-order valence-corrected chi connectivity index (χ3v) is 5.28. The zero-order valence-electron chi connectivity index (χ0n) is 15.3. The number of hydrogen-bond acceptors (Lipinski definition) is 3. The van der Waals surface area contributed by atoms with Crippen molar-refractivity contribution in [2.75, 3.05) is 13.2 Å². The molecule has 2 aliphatic heterocycles. The highest BCUT2D eigenvalue weighted by Gasteiger charge is 2.34. The maximum Gasteiger partial charge on any atom is 0.220 e. The summed E-state index contributed by atoms with van der Waals surface area (Å²) in [5.41, 5.74) is 1.31. The molecule has 2 unspecified atom stereocenters. The molecule has 4 nitrogen and oxygen atoms in total. The number of benzene rings is 1. The fourth-order valence-electron chi connectivity index (χ4n) is 3.98. The number of halogens is 1. The van der Waals surface area contributed by atoms with E-state index in [-0.39, 0.29) is 18.3 Å². The second-order valence-electron chi connectivity index (χ2n) is 7.60. The lowest BCUT2D eigenvalue weighted by molar-refractivity contribution is -0.122. The van der Waals surface area contributed by atoms with Crippen molar-refractivity contribution in [1.29, 1.82) is 0 Å².